The maximum absolute atomic E-state index is 12.3. The van der Waals surface area contributed by atoms with E-state index in [1.54, 1.807) is 25.5 Å². The van der Waals surface area contributed by atoms with Gasteiger partial charge in [0.15, 0.2) is 5.16 Å². The zero-order chi connectivity index (χ0) is 16.7. The lowest BCUT2D eigenvalue weighted by atomic mass is 10.3. The highest BCUT2D eigenvalue weighted by atomic mass is 32.2. The molecule has 0 aliphatic rings. The standard InChI is InChI=1S/C11H14N4O4S3/c1-6-5-21-7(2)8(6)22(18,19)13-9(16)15-11(17)14(3)10(12-15)20-4/h5H,1-4H3,(H,13,16). The molecule has 22 heavy (non-hydrogen) atoms. The molecule has 1 N–H and O–H groups in total. The molecule has 8 nitrogen and oxygen atoms in total. The number of nitrogens with one attached hydrogen (secondary N) is 1. The fraction of sp³-hybridized carbons (Fsp3) is 0.364. The van der Waals surface area contributed by atoms with Crippen molar-refractivity contribution in [3.8, 4) is 0 Å². The van der Waals surface area contributed by atoms with Gasteiger partial charge in [0, 0.05) is 11.9 Å². The number of amides is 1. The van der Waals surface area contributed by atoms with Gasteiger partial charge < -0.3 is 0 Å². The van der Waals surface area contributed by atoms with E-state index in [9.17, 15) is 18.0 Å². The Balaban J connectivity index is 2.39. The Hall–Kier alpha value is -1.59. The van der Waals surface area contributed by atoms with Crippen molar-refractivity contribution in [2.24, 2.45) is 7.05 Å². The van der Waals surface area contributed by atoms with Crippen molar-refractivity contribution in [1.82, 2.24) is 19.1 Å². The molecule has 2 heterocycles. The van der Waals surface area contributed by atoms with Crippen LogP contribution in [0.3, 0.4) is 0 Å². The lowest BCUT2D eigenvalue weighted by Crippen LogP contribution is -2.40. The van der Waals surface area contributed by atoms with Crippen LogP contribution in [0.4, 0.5) is 4.79 Å². The maximum Gasteiger partial charge on any atom is 0.360 e. The molecule has 0 aliphatic heterocycles. The Bertz CT molecular complexity index is 872. The topological polar surface area (TPSA) is 103 Å². The summed E-state index contributed by atoms with van der Waals surface area (Å²) in [4.78, 5) is 24.6. The van der Waals surface area contributed by atoms with E-state index in [1.165, 1.54) is 30.1 Å². The molecule has 0 spiro atoms. The van der Waals surface area contributed by atoms with Crippen molar-refractivity contribution < 1.29 is 13.2 Å². The van der Waals surface area contributed by atoms with Gasteiger partial charge in [-0.2, -0.15) is 0 Å². The van der Waals surface area contributed by atoms with Crippen LogP contribution in [-0.4, -0.2) is 35.1 Å². The first-order chi connectivity index (χ1) is 10.2. The average molecular weight is 362 g/mol. The highest BCUT2D eigenvalue weighted by molar-refractivity contribution is 7.98. The number of thioether (sulfide) groups is 1. The van der Waals surface area contributed by atoms with Crippen molar-refractivity contribution in [3.05, 3.63) is 26.3 Å². The normalized spacial score (nSPS) is 11.6. The number of hydrogen-bond donors (Lipinski definition) is 1. The number of hydrogen-bond acceptors (Lipinski definition) is 7. The predicted octanol–water partition coefficient (Wildman–Crippen LogP) is 0.929. The molecule has 2 aromatic heterocycles. The first-order valence-corrected chi connectivity index (χ1v) is 9.59. The molecule has 0 atom stereocenters. The van der Waals surface area contributed by atoms with Crippen molar-refractivity contribution in [2.45, 2.75) is 23.9 Å². The molecular formula is C11H14N4O4S3. The minimum absolute atomic E-state index is 0.0555. The molecule has 0 aliphatic carbocycles. The molecule has 0 unspecified atom stereocenters. The molecule has 0 radical (unpaired) electrons. The monoisotopic (exact) mass is 362 g/mol. The molecular weight excluding hydrogens is 348 g/mol. The van der Waals surface area contributed by atoms with Gasteiger partial charge in [0.25, 0.3) is 10.0 Å². The van der Waals surface area contributed by atoms with E-state index in [0.29, 0.717) is 20.3 Å². The Morgan fingerprint density at radius 1 is 1.41 bits per heavy atom. The third kappa shape index (κ3) is 2.83. The first kappa shape index (κ1) is 16.8. The number of aromatic nitrogens is 3. The third-order valence-corrected chi connectivity index (χ3v) is 6.38. The minimum atomic E-state index is -4.06. The van der Waals surface area contributed by atoms with Crippen LogP contribution < -0.4 is 10.4 Å². The third-order valence-electron chi connectivity index (χ3n) is 2.90. The second-order valence-corrected chi connectivity index (χ2v) is 7.93. The van der Waals surface area contributed by atoms with E-state index in [4.69, 9.17) is 0 Å². The van der Waals surface area contributed by atoms with Crippen LogP contribution in [-0.2, 0) is 17.1 Å². The highest BCUT2D eigenvalue weighted by Gasteiger charge is 2.26. The lowest BCUT2D eigenvalue weighted by Gasteiger charge is -2.06. The summed E-state index contributed by atoms with van der Waals surface area (Å²) < 4.78 is 28.2. The Morgan fingerprint density at radius 2 is 2.05 bits per heavy atom. The zero-order valence-corrected chi connectivity index (χ0v) is 14.7. The molecule has 2 aromatic rings. The van der Waals surface area contributed by atoms with Crippen molar-refractivity contribution >= 4 is 39.2 Å². The van der Waals surface area contributed by atoms with Crippen LogP contribution in [0, 0.1) is 13.8 Å². The first-order valence-electron chi connectivity index (χ1n) is 6.01. The molecule has 120 valence electrons. The largest absolute Gasteiger partial charge is 0.360 e. The Kier molecular flexibility index (Phi) is 4.49. The molecule has 0 saturated heterocycles. The quantitative estimate of drug-likeness (QED) is 0.815. The van der Waals surface area contributed by atoms with Gasteiger partial charge in [-0.3, -0.25) is 4.57 Å². The van der Waals surface area contributed by atoms with Gasteiger partial charge >= 0.3 is 11.7 Å². The van der Waals surface area contributed by atoms with Gasteiger partial charge in [0.05, 0.1) is 0 Å². The van der Waals surface area contributed by atoms with E-state index >= 15 is 0 Å². The Morgan fingerprint density at radius 3 is 2.50 bits per heavy atom. The summed E-state index contributed by atoms with van der Waals surface area (Å²) in [6.07, 6.45) is 1.69. The van der Waals surface area contributed by atoms with Gasteiger partial charge in [-0.25, -0.2) is 22.7 Å². The zero-order valence-electron chi connectivity index (χ0n) is 12.3. The average Bonchev–Trinajstić information content (AvgIpc) is 2.91. The summed E-state index contributed by atoms with van der Waals surface area (Å²) in [5, 5.41) is 5.79. The number of thiophene rings is 1. The second-order valence-electron chi connectivity index (χ2n) is 4.45. The van der Waals surface area contributed by atoms with Gasteiger partial charge in [-0.15, -0.1) is 21.1 Å². The van der Waals surface area contributed by atoms with Crippen LogP contribution in [0.1, 0.15) is 10.4 Å². The van der Waals surface area contributed by atoms with E-state index in [0.717, 1.165) is 4.57 Å². The van der Waals surface area contributed by atoms with Crippen molar-refractivity contribution in [1.29, 1.82) is 0 Å². The highest BCUT2D eigenvalue weighted by Crippen LogP contribution is 2.25. The fourth-order valence-electron chi connectivity index (χ4n) is 1.90. The van der Waals surface area contributed by atoms with E-state index < -0.39 is 21.7 Å². The number of carbonyl (C=O) groups is 1. The number of sulfonamides is 1. The van der Waals surface area contributed by atoms with E-state index in [2.05, 4.69) is 5.10 Å². The van der Waals surface area contributed by atoms with Crippen LogP contribution in [0.25, 0.3) is 0 Å². The van der Waals surface area contributed by atoms with Crippen LogP contribution in [0.2, 0.25) is 0 Å². The predicted molar refractivity (Wildman–Crippen MR) is 84.2 cm³/mol. The second kappa shape index (κ2) is 5.89. The van der Waals surface area contributed by atoms with E-state index in [1.807, 2.05) is 4.72 Å². The van der Waals surface area contributed by atoms with Gasteiger partial charge in [0.2, 0.25) is 0 Å². The smallest absolute Gasteiger partial charge is 0.273 e. The number of rotatable bonds is 3. The number of nitrogens with zero attached hydrogens (tertiary/aromatic N) is 3. The molecule has 0 bridgehead atoms. The van der Waals surface area contributed by atoms with Gasteiger partial charge in [0.1, 0.15) is 4.90 Å². The molecule has 2 rings (SSSR count). The minimum Gasteiger partial charge on any atom is -0.273 e. The Labute approximate surface area is 135 Å². The van der Waals surface area contributed by atoms with Crippen LogP contribution in [0.15, 0.2) is 20.2 Å². The van der Waals surface area contributed by atoms with Gasteiger partial charge in [-0.1, -0.05) is 11.8 Å². The maximum atomic E-state index is 12.3. The summed E-state index contributed by atoms with van der Waals surface area (Å²) in [5.41, 5.74) is -0.170. The molecule has 0 aromatic carbocycles. The van der Waals surface area contributed by atoms with Crippen LogP contribution >= 0.6 is 23.1 Å². The summed E-state index contributed by atoms with van der Waals surface area (Å²) in [5.74, 6) is 0. The van der Waals surface area contributed by atoms with Gasteiger partial charge in [-0.05, 0) is 31.0 Å². The lowest BCUT2D eigenvalue weighted by molar-refractivity contribution is 0.243. The molecule has 11 heteroatoms. The van der Waals surface area contributed by atoms with Crippen LogP contribution in [0.5, 0.6) is 0 Å². The SMILES string of the molecule is CSc1nn(C(=O)NS(=O)(=O)c2c(C)csc2C)c(=O)n1C. The number of aryl methyl sites for hydroxylation is 2. The summed E-state index contributed by atoms with van der Waals surface area (Å²) in [6.45, 7) is 3.29. The fourth-order valence-corrected chi connectivity index (χ4v) is 4.98. The summed E-state index contributed by atoms with van der Waals surface area (Å²) >= 11 is 2.44. The molecule has 0 fully saturated rings. The van der Waals surface area contributed by atoms with Crippen molar-refractivity contribution in [2.75, 3.05) is 6.26 Å². The summed E-state index contributed by atoms with van der Waals surface area (Å²) in [7, 11) is -2.61. The number of carbonyl (C=O) groups excluding carboxylic acids is 1. The van der Waals surface area contributed by atoms with E-state index in [-0.39, 0.29) is 4.90 Å². The van der Waals surface area contributed by atoms with Crippen molar-refractivity contribution in [3.63, 3.8) is 0 Å². The summed E-state index contributed by atoms with van der Waals surface area (Å²) in [6, 6.07) is -1.11. The molecule has 0 saturated carbocycles. The molecule has 1 amide bonds.